The number of ketones is 1. The number of hydrogen-bond donors (Lipinski definition) is 0. The molecule has 3 aromatic rings. The van der Waals surface area contributed by atoms with Gasteiger partial charge in [-0.25, -0.2) is 4.39 Å². The van der Waals surface area contributed by atoms with Gasteiger partial charge in [-0.05, 0) is 79.5 Å². The van der Waals surface area contributed by atoms with Gasteiger partial charge in [-0.1, -0.05) is 0 Å². The molecular formula is C26H25FN4O. The topological polar surface area (TPSA) is 69.9 Å². The minimum Gasteiger partial charge on any atom is -0.298 e. The molecule has 32 heavy (non-hydrogen) atoms. The third-order valence-electron chi connectivity index (χ3n) is 7.28. The molecule has 4 atom stereocenters. The monoisotopic (exact) mass is 428 g/mol. The largest absolute Gasteiger partial charge is 0.298 e. The van der Waals surface area contributed by atoms with Gasteiger partial charge in [0.2, 0.25) is 0 Å². The fraction of sp³-hybridized carbons (Fsp3) is 0.385. The highest BCUT2D eigenvalue weighted by Crippen LogP contribution is 2.47. The Labute approximate surface area is 186 Å². The number of halogens is 1. The Morgan fingerprint density at radius 2 is 1.97 bits per heavy atom. The van der Waals surface area contributed by atoms with Crippen LogP contribution in [0.25, 0.3) is 10.9 Å². The van der Waals surface area contributed by atoms with Crippen LogP contribution in [-0.2, 0) is 11.2 Å². The van der Waals surface area contributed by atoms with Crippen molar-refractivity contribution >= 4 is 16.7 Å². The summed E-state index contributed by atoms with van der Waals surface area (Å²) < 4.78 is 13.9. The van der Waals surface area contributed by atoms with Crippen LogP contribution < -0.4 is 0 Å². The van der Waals surface area contributed by atoms with Crippen LogP contribution in [0.2, 0.25) is 0 Å². The summed E-state index contributed by atoms with van der Waals surface area (Å²) in [6, 6.07) is 12.2. The lowest BCUT2D eigenvalue weighted by molar-refractivity contribution is -0.122. The molecule has 5 nitrogen and oxygen atoms in total. The van der Waals surface area contributed by atoms with E-state index in [0.29, 0.717) is 29.0 Å². The second-order valence-corrected chi connectivity index (χ2v) is 9.17. The second kappa shape index (κ2) is 8.40. The minimum absolute atomic E-state index is 0.146. The van der Waals surface area contributed by atoms with E-state index in [1.54, 1.807) is 24.3 Å². The second-order valence-electron chi connectivity index (χ2n) is 9.17. The molecule has 1 saturated heterocycles. The smallest absolute Gasteiger partial charge is 0.155 e. The number of nitrogens with zero attached hydrogens (tertiary/aromatic N) is 4. The average Bonchev–Trinajstić information content (AvgIpc) is 3.38. The predicted molar refractivity (Wildman–Crippen MR) is 119 cm³/mol. The van der Waals surface area contributed by atoms with E-state index in [1.807, 2.05) is 25.3 Å². The first-order valence-electron chi connectivity index (χ1n) is 11.2. The van der Waals surface area contributed by atoms with Gasteiger partial charge in [-0.3, -0.25) is 19.7 Å². The molecule has 0 amide bonds. The van der Waals surface area contributed by atoms with E-state index in [-0.39, 0.29) is 24.1 Å². The minimum atomic E-state index is -0.222. The van der Waals surface area contributed by atoms with Gasteiger partial charge >= 0.3 is 0 Å². The van der Waals surface area contributed by atoms with E-state index >= 15 is 0 Å². The van der Waals surface area contributed by atoms with E-state index in [2.05, 4.69) is 14.9 Å². The van der Waals surface area contributed by atoms with Crippen LogP contribution in [0, 0.1) is 29.0 Å². The summed E-state index contributed by atoms with van der Waals surface area (Å²) in [7, 11) is 0. The summed E-state index contributed by atoms with van der Waals surface area (Å²) in [6.07, 6.45) is 5.76. The lowest BCUT2D eigenvalue weighted by Gasteiger charge is -2.25. The van der Waals surface area contributed by atoms with E-state index in [0.717, 1.165) is 36.8 Å². The Morgan fingerprint density at radius 1 is 1.19 bits per heavy atom. The maximum atomic E-state index is 13.9. The SMILES string of the molecule is CC(C(=O)Cc1ccc(C#N)cn1)N1C[C@H]2CC(c3ccnc4ccc(F)cc34)C[C@H]2C1. The van der Waals surface area contributed by atoms with Gasteiger partial charge in [0.05, 0.1) is 23.5 Å². The van der Waals surface area contributed by atoms with Crippen LogP contribution in [0.15, 0.2) is 48.8 Å². The number of Topliss-reactive ketones (excluding diaryl/α,β-unsaturated/α-hetero) is 1. The number of nitriles is 1. The van der Waals surface area contributed by atoms with Crippen LogP contribution in [0.3, 0.4) is 0 Å². The Balaban J connectivity index is 1.23. The molecule has 2 unspecified atom stereocenters. The van der Waals surface area contributed by atoms with Gasteiger partial charge in [0, 0.05) is 36.6 Å². The lowest BCUT2D eigenvalue weighted by atomic mass is 9.92. The summed E-state index contributed by atoms with van der Waals surface area (Å²) in [5.41, 5.74) is 3.25. The van der Waals surface area contributed by atoms with Crippen molar-refractivity contribution in [2.45, 2.75) is 38.1 Å². The van der Waals surface area contributed by atoms with Crippen molar-refractivity contribution in [3.8, 4) is 6.07 Å². The summed E-state index contributed by atoms with van der Waals surface area (Å²) in [5, 5.41) is 9.82. The molecule has 1 aliphatic carbocycles. The predicted octanol–water partition coefficient (Wildman–Crippen LogP) is 4.27. The molecule has 2 aliphatic rings. The number of aromatic nitrogens is 2. The molecule has 0 radical (unpaired) electrons. The lowest BCUT2D eigenvalue weighted by Crippen LogP contribution is -2.39. The van der Waals surface area contributed by atoms with Gasteiger partial charge in [0.1, 0.15) is 11.9 Å². The number of carbonyl (C=O) groups is 1. The molecule has 0 spiro atoms. The molecule has 0 bridgehead atoms. The molecular weight excluding hydrogens is 403 g/mol. The summed E-state index contributed by atoms with van der Waals surface area (Å²) in [6.45, 7) is 3.84. The maximum absolute atomic E-state index is 13.9. The quantitative estimate of drug-likeness (QED) is 0.607. The van der Waals surface area contributed by atoms with E-state index in [4.69, 9.17) is 5.26 Å². The van der Waals surface area contributed by atoms with E-state index in [9.17, 15) is 9.18 Å². The van der Waals surface area contributed by atoms with Crippen molar-refractivity contribution in [3.05, 3.63) is 71.4 Å². The normalized spacial score (nSPS) is 23.7. The standard InChI is InChI=1S/C26H25FN4O/c1-16(26(32)11-22-4-2-17(12-28)13-30-22)31-14-19-8-18(9-20(19)15-31)23-6-7-29-25-5-3-21(27)10-24(23)25/h2-7,10,13,16,18-20H,8-9,11,14-15H2,1H3/t16?,18?,19-,20+. The first-order chi connectivity index (χ1) is 15.5. The van der Waals surface area contributed by atoms with Crippen molar-refractivity contribution in [1.82, 2.24) is 14.9 Å². The Bertz CT molecular complexity index is 1190. The third kappa shape index (κ3) is 3.89. The van der Waals surface area contributed by atoms with Gasteiger partial charge < -0.3 is 0 Å². The highest BCUT2D eigenvalue weighted by Gasteiger charge is 2.43. The molecule has 5 rings (SSSR count). The fourth-order valence-electron chi connectivity index (χ4n) is 5.53. The molecule has 1 saturated carbocycles. The number of carbonyl (C=O) groups excluding carboxylic acids is 1. The maximum Gasteiger partial charge on any atom is 0.155 e. The van der Waals surface area contributed by atoms with Crippen molar-refractivity contribution in [1.29, 1.82) is 5.26 Å². The molecule has 1 aliphatic heterocycles. The number of hydrogen-bond acceptors (Lipinski definition) is 5. The number of likely N-dealkylation sites (tertiary alicyclic amines) is 1. The highest BCUT2D eigenvalue weighted by atomic mass is 19.1. The van der Waals surface area contributed by atoms with Crippen LogP contribution in [-0.4, -0.2) is 39.8 Å². The Kier molecular flexibility index (Phi) is 5.44. The van der Waals surface area contributed by atoms with Crippen molar-refractivity contribution < 1.29 is 9.18 Å². The van der Waals surface area contributed by atoms with E-state index < -0.39 is 0 Å². The Hall–Kier alpha value is -3.17. The van der Waals surface area contributed by atoms with Gasteiger partial charge in [-0.15, -0.1) is 0 Å². The van der Waals surface area contributed by atoms with Gasteiger partial charge in [-0.2, -0.15) is 5.26 Å². The van der Waals surface area contributed by atoms with Crippen LogP contribution in [0.1, 0.15) is 42.5 Å². The highest BCUT2D eigenvalue weighted by molar-refractivity contribution is 5.85. The summed E-state index contributed by atoms with van der Waals surface area (Å²) in [5.74, 6) is 1.46. The zero-order valence-corrected chi connectivity index (χ0v) is 18.0. The number of rotatable bonds is 5. The number of fused-ring (bicyclic) bond motifs is 2. The Morgan fingerprint density at radius 3 is 2.66 bits per heavy atom. The van der Waals surface area contributed by atoms with Gasteiger partial charge in [0.25, 0.3) is 0 Å². The van der Waals surface area contributed by atoms with Crippen LogP contribution in [0.4, 0.5) is 4.39 Å². The number of pyridine rings is 2. The zero-order valence-electron chi connectivity index (χ0n) is 18.0. The van der Waals surface area contributed by atoms with Crippen LogP contribution in [0.5, 0.6) is 0 Å². The summed E-state index contributed by atoms with van der Waals surface area (Å²) in [4.78, 5) is 23.8. The molecule has 6 heteroatoms. The zero-order chi connectivity index (χ0) is 22.2. The fourth-order valence-corrected chi connectivity index (χ4v) is 5.53. The molecule has 3 heterocycles. The first-order valence-corrected chi connectivity index (χ1v) is 11.2. The number of benzene rings is 1. The molecule has 1 aromatic carbocycles. The molecule has 2 fully saturated rings. The molecule has 2 aromatic heterocycles. The van der Waals surface area contributed by atoms with Crippen LogP contribution >= 0.6 is 0 Å². The average molecular weight is 429 g/mol. The molecule has 162 valence electrons. The summed E-state index contributed by atoms with van der Waals surface area (Å²) >= 11 is 0. The third-order valence-corrected chi connectivity index (χ3v) is 7.28. The first kappa shape index (κ1) is 20.7. The molecule has 0 N–H and O–H groups in total. The van der Waals surface area contributed by atoms with Crippen molar-refractivity contribution in [2.24, 2.45) is 11.8 Å². The van der Waals surface area contributed by atoms with Gasteiger partial charge in [0.15, 0.2) is 5.78 Å². The van der Waals surface area contributed by atoms with Crippen molar-refractivity contribution in [3.63, 3.8) is 0 Å². The van der Waals surface area contributed by atoms with Crippen molar-refractivity contribution in [2.75, 3.05) is 13.1 Å². The van der Waals surface area contributed by atoms with E-state index in [1.165, 1.54) is 17.8 Å².